The standard InChI is InChI=1S/C18H16.C9H6N2O2/c1-3-7-15-13(5-1)9-11-18-16-8-4-2-6-14(16)10-12-17(15)18;12-11(13)9-2-1-7-3-4-10-6-8(7)5-9/h1,3,5,7,9-12H,2,4,6,8H2;1-6H. The van der Waals surface area contributed by atoms with E-state index < -0.39 is 4.92 Å². The first-order chi connectivity index (χ1) is 15.2. The van der Waals surface area contributed by atoms with Crippen LogP contribution in [0.15, 0.2) is 85.2 Å². The molecule has 0 atom stereocenters. The van der Waals surface area contributed by atoms with Crippen LogP contribution in [0.25, 0.3) is 32.3 Å². The van der Waals surface area contributed by atoms with Gasteiger partial charge in [0.2, 0.25) is 0 Å². The summed E-state index contributed by atoms with van der Waals surface area (Å²) in [6.45, 7) is 0. The minimum absolute atomic E-state index is 0.0977. The number of fused-ring (bicyclic) bond motifs is 6. The molecule has 1 aromatic heterocycles. The summed E-state index contributed by atoms with van der Waals surface area (Å²) < 4.78 is 0. The molecule has 0 fully saturated rings. The average Bonchev–Trinajstić information content (AvgIpc) is 2.83. The fourth-order valence-electron chi connectivity index (χ4n) is 4.53. The van der Waals surface area contributed by atoms with Crippen LogP contribution in [0, 0.1) is 10.1 Å². The minimum atomic E-state index is -0.410. The van der Waals surface area contributed by atoms with Crippen LogP contribution in [0.2, 0.25) is 0 Å². The first-order valence-corrected chi connectivity index (χ1v) is 10.6. The Kier molecular flexibility index (Phi) is 5.04. The van der Waals surface area contributed by atoms with E-state index in [1.54, 1.807) is 29.6 Å². The quantitative estimate of drug-likeness (QED) is 0.171. The van der Waals surface area contributed by atoms with Crippen LogP contribution in [0.1, 0.15) is 24.0 Å². The average molecular weight is 406 g/mol. The Morgan fingerprint density at radius 3 is 2.45 bits per heavy atom. The van der Waals surface area contributed by atoms with Crippen LogP contribution >= 0.6 is 0 Å². The van der Waals surface area contributed by atoms with Gasteiger partial charge in [-0.2, -0.15) is 0 Å². The zero-order valence-corrected chi connectivity index (χ0v) is 17.1. The molecular weight excluding hydrogens is 384 g/mol. The van der Waals surface area contributed by atoms with Gasteiger partial charge in [-0.3, -0.25) is 15.1 Å². The molecule has 0 bridgehead atoms. The molecule has 0 radical (unpaired) electrons. The van der Waals surface area contributed by atoms with Gasteiger partial charge in [0.15, 0.2) is 0 Å². The Bertz CT molecular complexity index is 1430. The topological polar surface area (TPSA) is 56.0 Å². The van der Waals surface area contributed by atoms with Crippen molar-refractivity contribution in [3.8, 4) is 0 Å². The van der Waals surface area contributed by atoms with Gasteiger partial charge in [-0.15, -0.1) is 0 Å². The van der Waals surface area contributed by atoms with Crippen molar-refractivity contribution < 1.29 is 4.92 Å². The van der Waals surface area contributed by atoms with E-state index in [1.165, 1.54) is 59.4 Å². The number of rotatable bonds is 1. The SMILES string of the molecule is O=[N+]([O-])c1ccc2ccncc2c1.c1ccc2c(c1)ccc1c3c(ccc12)CCCC3. The zero-order chi connectivity index (χ0) is 21.2. The predicted molar refractivity (Wildman–Crippen MR) is 126 cm³/mol. The third kappa shape index (κ3) is 3.73. The molecule has 1 aliphatic carbocycles. The molecule has 0 aliphatic heterocycles. The fourth-order valence-corrected chi connectivity index (χ4v) is 4.53. The first-order valence-electron chi connectivity index (χ1n) is 10.6. The van der Waals surface area contributed by atoms with Crippen LogP contribution in [0.5, 0.6) is 0 Å². The van der Waals surface area contributed by atoms with Crippen molar-refractivity contribution in [1.29, 1.82) is 0 Å². The number of pyridine rings is 1. The van der Waals surface area contributed by atoms with Gasteiger partial charge < -0.3 is 0 Å². The van der Waals surface area contributed by atoms with Gasteiger partial charge in [-0.25, -0.2) is 0 Å². The summed E-state index contributed by atoms with van der Waals surface area (Å²) >= 11 is 0. The van der Waals surface area contributed by atoms with Crippen molar-refractivity contribution in [3.05, 3.63) is 106 Å². The number of hydrogen-bond donors (Lipinski definition) is 0. The third-order valence-electron chi connectivity index (χ3n) is 6.09. The lowest BCUT2D eigenvalue weighted by Gasteiger charge is -2.18. The summed E-state index contributed by atoms with van der Waals surface area (Å²) in [6, 6.07) is 24.5. The lowest BCUT2D eigenvalue weighted by Crippen LogP contribution is -2.02. The molecule has 6 rings (SSSR count). The van der Waals surface area contributed by atoms with Gasteiger partial charge in [0.1, 0.15) is 0 Å². The highest BCUT2D eigenvalue weighted by Gasteiger charge is 2.13. The molecule has 5 aromatic rings. The highest BCUT2D eigenvalue weighted by atomic mass is 16.6. The molecule has 0 amide bonds. The molecule has 152 valence electrons. The van der Waals surface area contributed by atoms with Gasteiger partial charge in [-0.1, -0.05) is 48.5 Å². The maximum atomic E-state index is 10.4. The highest BCUT2D eigenvalue weighted by molar-refractivity contribution is 6.08. The second-order valence-corrected chi connectivity index (χ2v) is 7.96. The first kappa shape index (κ1) is 19.2. The molecule has 0 unspecified atom stereocenters. The van der Waals surface area contributed by atoms with Gasteiger partial charge in [-0.05, 0) is 75.9 Å². The second-order valence-electron chi connectivity index (χ2n) is 7.96. The molecular formula is C27H22N2O2. The number of nitro groups is 1. The largest absolute Gasteiger partial charge is 0.270 e. The van der Waals surface area contributed by atoms with E-state index in [0.29, 0.717) is 0 Å². The summed E-state index contributed by atoms with van der Waals surface area (Å²) in [5, 5.41) is 17.8. The van der Waals surface area contributed by atoms with E-state index in [9.17, 15) is 10.1 Å². The molecule has 31 heavy (non-hydrogen) atoms. The maximum absolute atomic E-state index is 10.4. The van der Waals surface area contributed by atoms with Crippen molar-refractivity contribution in [1.82, 2.24) is 4.98 Å². The van der Waals surface area contributed by atoms with Crippen LogP contribution in [0.4, 0.5) is 5.69 Å². The van der Waals surface area contributed by atoms with Gasteiger partial charge in [0.25, 0.3) is 5.69 Å². The molecule has 4 heteroatoms. The molecule has 0 spiro atoms. The number of non-ortho nitro benzene ring substituents is 1. The van der Waals surface area contributed by atoms with E-state index in [1.807, 2.05) is 6.07 Å². The molecule has 1 heterocycles. The molecule has 4 nitrogen and oxygen atoms in total. The Hall–Kier alpha value is -3.79. The molecule has 1 aliphatic rings. The normalized spacial score (nSPS) is 12.9. The van der Waals surface area contributed by atoms with Crippen LogP contribution < -0.4 is 0 Å². The van der Waals surface area contributed by atoms with Crippen LogP contribution in [0.3, 0.4) is 0 Å². The Morgan fingerprint density at radius 1 is 0.742 bits per heavy atom. The van der Waals surface area contributed by atoms with E-state index in [2.05, 4.69) is 53.5 Å². The lowest BCUT2D eigenvalue weighted by atomic mass is 9.86. The fraction of sp³-hybridized carbons (Fsp3) is 0.148. The summed E-state index contributed by atoms with van der Waals surface area (Å²) in [5.41, 5.74) is 3.27. The Balaban J connectivity index is 0.000000140. The van der Waals surface area contributed by atoms with E-state index in [-0.39, 0.29) is 5.69 Å². The second kappa shape index (κ2) is 8.15. The third-order valence-corrected chi connectivity index (χ3v) is 6.09. The van der Waals surface area contributed by atoms with Crippen molar-refractivity contribution in [2.45, 2.75) is 25.7 Å². The lowest BCUT2D eigenvalue weighted by molar-refractivity contribution is -0.384. The minimum Gasteiger partial charge on any atom is -0.264 e. The summed E-state index contributed by atoms with van der Waals surface area (Å²) in [6.07, 6.45) is 8.49. The number of aryl methyl sites for hydroxylation is 2. The molecule has 0 saturated carbocycles. The summed E-state index contributed by atoms with van der Waals surface area (Å²) in [4.78, 5) is 13.9. The molecule has 0 saturated heterocycles. The number of benzene rings is 4. The van der Waals surface area contributed by atoms with E-state index in [4.69, 9.17) is 0 Å². The predicted octanol–water partition coefficient (Wildman–Crippen LogP) is 7.01. The number of nitro benzene ring substituents is 1. The molecule has 0 N–H and O–H groups in total. The Labute approximate surface area is 180 Å². The van der Waals surface area contributed by atoms with Crippen LogP contribution in [-0.2, 0) is 12.8 Å². The summed E-state index contributed by atoms with van der Waals surface area (Å²) in [5.74, 6) is 0. The van der Waals surface area contributed by atoms with Crippen molar-refractivity contribution in [2.75, 3.05) is 0 Å². The number of aromatic nitrogens is 1. The van der Waals surface area contributed by atoms with Crippen molar-refractivity contribution in [3.63, 3.8) is 0 Å². The van der Waals surface area contributed by atoms with Gasteiger partial charge >= 0.3 is 0 Å². The summed E-state index contributed by atoms with van der Waals surface area (Å²) in [7, 11) is 0. The van der Waals surface area contributed by atoms with Crippen LogP contribution in [-0.4, -0.2) is 9.91 Å². The zero-order valence-electron chi connectivity index (χ0n) is 17.1. The molecule has 4 aromatic carbocycles. The maximum Gasteiger partial charge on any atom is 0.270 e. The van der Waals surface area contributed by atoms with E-state index >= 15 is 0 Å². The number of nitrogens with zero attached hydrogens (tertiary/aromatic N) is 2. The monoisotopic (exact) mass is 406 g/mol. The smallest absolute Gasteiger partial charge is 0.264 e. The van der Waals surface area contributed by atoms with Gasteiger partial charge in [0.05, 0.1) is 4.92 Å². The Morgan fingerprint density at radius 2 is 1.55 bits per heavy atom. The highest BCUT2D eigenvalue weighted by Crippen LogP contribution is 2.33. The van der Waals surface area contributed by atoms with Crippen molar-refractivity contribution in [2.24, 2.45) is 0 Å². The number of hydrogen-bond acceptors (Lipinski definition) is 3. The van der Waals surface area contributed by atoms with Crippen molar-refractivity contribution >= 4 is 38.0 Å². The van der Waals surface area contributed by atoms with Gasteiger partial charge in [0, 0.05) is 29.9 Å². The van der Waals surface area contributed by atoms with E-state index in [0.717, 1.165) is 10.8 Å².